The van der Waals surface area contributed by atoms with Gasteiger partial charge < -0.3 is 5.32 Å². The van der Waals surface area contributed by atoms with Crippen LogP contribution in [0.1, 0.15) is 31.2 Å². The Balaban J connectivity index is 1.29. The summed E-state index contributed by atoms with van der Waals surface area (Å²) in [6, 6.07) is 11.3. The first-order valence-corrected chi connectivity index (χ1v) is 9.33. The van der Waals surface area contributed by atoms with Crippen molar-refractivity contribution >= 4 is 16.9 Å². The van der Waals surface area contributed by atoms with Crippen molar-refractivity contribution in [1.82, 2.24) is 5.32 Å². The second kappa shape index (κ2) is 6.04. The van der Waals surface area contributed by atoms with E-state index in [1.165, 1.54) is 36.4 Å². The summed E-state index contributed by atoms with van der Waals surface area (Å²) in [4.78, 5) is 4.88. The highest BCUT2D eigenvalue weighted by atomic mass is 32.2. The van der Waals surface area contributed by atoms with Gasteiger partial charge in [0.05, 0.1) is 0 Å². The topological polar surface area (TPSA) is 24.4 Å². The van der Waals surface area contributed by atoms with Gasteiger partial charge in [-0.1, -0.05) is 48.5 Å². The fourth-order valence-electron chi connectivity index (χ4n) is 4.34. The molecule has 1 saturated heterocycles. The molecule has 0 radical (unpaired) electrons. The minimum atomic E-state index is 0.552. The fraction of sp³-hybridized carbons (Fsp3) is 0.611. The first-order chi connectivity index (χ1) is 10.4. The molecule has 2 aliphatic carbocycles. The van der Waals surface area contributed by atoms with E-state index in [0.717, 1.165) is 36.5 Å². The van der Waals surface area contributed by atoms with Crippen LogP contribution in [0, 0.1) is 17.8 Å². The Kier molecular flexibility index (Phi) is 3.93. The Morgan fingerprint density at radius 2 is 2.05 bits per heavy atom. The number of nitrogens with zero attached hydrogens (tertiary/aromatic N) is 1. The summed E-state index contributed by atoms with van der Waals surface area (Å²) in [7, 11) is 0. The molecule has 2 saturated carbocycles. The quantitative estimate of drug-likeness (QED) is 0.916. The molecule has 4 unspecified atom stereocenters. The highest BCUT2D eigenvalue weighted by Crippen LogP contribution is 2.48. The number of aliphatic imine (C=N–C) groups is 1. The number of rotatable bonds is 4. The van der Waals surface area contributed by atoms with Crippen LogP contribution in [0.4, 0.5) is 0 Å². The van der Waals surface area contributed by atoms with Crippen molar-refractivity contribution in [2.45, 2.75) is 38.1 Å². The van der Waals surface area contributed by atoms with Crippen molar-refractivity contribution in [1.29, 1.82) is 0 Å². The lowest BCUT2D eigenvalue weighted by Crippen LogP contribution is -2.29. The third-order valence-corrected chi connectivity index (χ3v) is 6.52. The molecule has 0 spiro atoms. The van der Waals surface area contributed by atoms with Crippen LogP contribution in [-0.4, -0.2) is 23.5 Å². The van der Waals surface area contributed by atoms with E-state index >= 15 is 0 Å². The average Bonchev–Trinajstić information content (AvgIpc) is 3.22. The maximum atomic E-state index is 4.88. The van der Waals surface area contributed by atoms with Crippen LogP contribution in [0.5, 0.6) is 0 Å². The monoisotopic (exact) mass is 300 g/mol. The van der Waals surface area contributed by atoms with E-state index in [2.05, 4.69) is 35.6 Å². The molecule has 1 N–H and O–H groups in total. The van der Waals surface area contributed by atoms with Crippen LogP contribution in [-0.2, 0) is 6.42 Å². The van der Waals surface area contributed by atoms with Gasteiger partial charge in [-0.2, -0.15) is 0 Å². The van der Waals surface area contributed by atoms with Crippen molar-refractivity contribution in [3.63, 3.8) is 0 Å². The van der Waals surface area contributed by atoms with Crippen LogP contribution >= 0.6 is 11.8 Å². The normalized spacial score (nSPS) is 36.3. The van der Waals surface area contributed by atoms with Crippen molar-refractivity contribution < 1.29 is 0 Å². The van der Waals surface area contributed by atoms with E-state index in [1.807, 2.05) is 11.8 Å². The number of hydrogen-bond acceptors (Lipinski definition) is 2. The molecule has 3 heteroatoms. The van der Waals surface area contributed by atoms with Crippen molar-refractivity contribution in [2.24, 2.45) is 22.7 Å². The van der Waals surface area contributed by atoms with Crippen molar-refractivity contribution in [3.8, 4) is 0 Å². The minimum absolute atomic E-state index is 0.552. The van der Waals surface area contributed by atoms with Gasteiger partial charge in [-0.3, -0.25) is 4.99 Å². The SMILES string of the molecule is c1ccc(CC2CSC(=NCC3CC4CCC3C4)N2)cc1. The lowest BCUT2D eigenvalue weighted by atomic mass is 9.89. The predicted molar refractivity (Wildman–Crippen MR) is 90.8 cm³/mol. The summed E-state index contributed by atoms with van der Waals surface area (Å²) < 4.78 is 0. The summed E-state index contributed by atoms with van der Waals surface area (Å²) in [6.45, 7) is 1.06. The Morgan fingerprint density at radius 1 is 1.14 bits per heavy atom. The summed E-state index contributed by atoms with van der Waals surface area (Å²) in [5.41, 5.74) is 1.42. The Labute approximate surface area is 131 Å². The summed E-state index contributed by atoms with van der Waals surface area (Å²) in [5, 5.41) is 4.81. The molecule has 1 aromatic carbocycles. The summed E-state index contributed by atoms with van der Waals surface area (Å²) >= 11 is 1.91. The number of benzene rings is 1. The predicted octanol–water partition coefficient (Wildman–Crippen LogP) is 3.73. The number of hydrogen-bond donors (Lipinski definition) is 1. The average molecular weight is 300 g/mol. The third kappa shape index (κ3) is 3.13. The van der Waals surface area contributed by atoms with Gasteiger partial charge in [-0.15, -0.1) is 0 Å². The second-order valence-electron chi connectivity index (χ2n) is 6.92. The smallest absolute Gasteiger partial charge is 0.156 e. The largest absolute Gasteiger partial charge is 0.361 e. The minimum Gasteiger partial charge on any atom is -0.361 e. The standard InChI is InChI=1S/C18H24N2S/c1-2-4-13(5-3-1)10-17-12-21-18(20-17)19-11-16-9-14-6-7-15(16)8-14/h1-5,14-17H,6-12H2,(H,19,20). The lowest BCUT2D eigenvalue weighted by molar-refractivity contribution is 0.342. The number of amidine groups is 1. The molecule has 0 amide bonds. The van der Waals surface area contributed by atoms with Gasteiger partial charge in [0, 0.05) is 18.3 Å². The molecular formula is C18H24N2S. The van der Waals surface area contributed by atoms with Crippen molar-refractivity contribution in [3.05, 3.63) is 35.9 Å². The van der Waals surface area contributed by atoms with Crippen LogP contribution < -0.4 is 5.32 Å². The van der Waals surface area contributed by atoms with Crippen LogP contribution in [0.15, 0.2) is 35.3 Å². The summed E-state index contributed by atoms with van der Waals surface area (Å²) in [6.07, 6.45) is 7.01. The summed E-state index contributed by atoms with van der Waals surface area (Å²) in [5.74, 6) is 4.07. The molecule has 1 heterocycles. The van der Waals surface area contributed by atoms with Crippen LogP contribution in [0.3, 0.4) is 0 Å². The molecule has 1 aromatic rings. The van der Waals surface area contributed by atoms with Gasteiger partial charge in [-0.25, -0.2) is 0 Å². The van der Waals surface area contributed by atoms with Gasteiger partial charge in [0.1, 0.15) is 0 Å². The van der Waals surface area contributed by atoms with Crippen LogP contribution in [0.2, 0.25) is 0 Å². The van der Waals surface area contributed by atoms with E-state index in [1.54, 1.807) is 0 Å². The van der Waals surface area contributed by atoms with E-state index in [0.29, 0.717) is 6.04 Å². The first-order valence-electron chi connectivity index (χ1n) is 8.34. The van der Waals surface area contributed by atoms with E-state index in [9.17, 15) is 0 Å². The molecule has 112 valence electrons. The zero-order valence-corrected chi connectivity index (χ0v) is 13.3. The van der Waals surface area contributed by atoms with Gasteiger partial charge >= 0.3 is 0 Å². The molecule has 1 aliphatic heterocycles. The molecule has 0 aromatic heterocycles. The molecule has 4 rings (SSSR count). The molecule has 2 nitrogen and oxygen atoms in total. The highest BCUT2D eigenvalue weighted by Gasteiger charge is 2.39. The number of thioether (sulfide) groups is 1. The Bertz CT molecular complexity index is 513. The lowest BCUT2D eigenvalue weighted by Gasteiger charge is -2.19. The molecule has 21 heavy (non-hydrogen) atoms. The van der Waals surface area contributed by atoms with E-state index in [4.69, 9.17) is 4.99 Å². The molecule has 4 atom stereocenters. The molecular weight excluding hydrogens is 276 g/mol. The van der Waals surface area contributed by atoms with E-state index in [-0.39, 0.29) is 0 Å². The third-order valence-electron chi connectivity index (χ3n) is 5.43. The maximum absolute atomic E-state index is 4.88. The first kappa shape index (κ1) is 13.7. The van der Waals surface area contributed by atoms with Crippen molar-refractivity contribution in [2.75, 3.05) is 12.3 Å². The van der Waals surface area contributed by atoms with Gasteiger partial charge in [0.2, 0.25) is 0 Å². The number of nitrogens with one attached hydrogen (secondary N) is 1. The van der Waals surface area contributed by atoms with Gasteiger partial charge in [-0.05, 0) is 49.0 Å². The molecule has 3 fully saturated rings. The molecule has 2 bridgehead atoms. The maximum Gasteiger partial charge on any atom is 0.156 e. The van der Waals surface area contributed by atoms with E-state index < -0.39 is 0 Å². The van der Waals surface area contributed by atoms with Gasteiger partial charge in [0.25, 0.3) is 0 Å². The Morgan fingerprint density at radius 3 is 2.81 bits per heavy atom. The zero-order valence-electron chi connectivity index (χ0n) is 12.5. The number of fused-ring (bicyclic) bond motifs is 2. The van der Waals surface area contributed by atoms with Crippen LogP contribution in [0.25, 0.3) is 0 Å². The Hall–Kier alpha value is -0.960. The van der Waals surface area contributed by atoms with Gasteiger partial charge in [0.15, 0.2) is 5.17 Å². The zero-order chi connectivity index (χ0) is 14.1. The fourth-order valence-corrected chi connectivity index (χ4v) is 5.31. The molecule has 3 aliphatic rings. The highest BCUT2D eigenvalue weighted by molar-refractivity contribution is 8.14. The second-order valence-corrected chi connectivity index (χ2v) is 7.93.